The molecule has 0 bridgehead atoms. The van der Waals surface area contributed by atoms with Gasteiger partial charge in [-0.3, -0.25) is 4.79 Å². The predicted molar refractivity (Wildman–Crippen MR) is 106 cm³/mol. The van der Waals surface area contributed by atoms with Crippen molar-refractivity contribution in [2.45, 2.75) is 32.2 Å². The Kier molecular flexibility index (Phi) is 6.11. The minimum absolute atomic E-state index is 0.277. The summed E-state index contributed by atoms with van der Waals surface area (Å²) in [5.74, 6) is 0.825. The number of carboxylic acid groups (broad SMARTS) is 1. The first-order valence-corrected chi connectivity index (χ1v) is 9.18. The van der Waals surface area contributed by atoms with E-state index >= 15 is 0 Å². The summed E-state index contributed by atoms with van der Waals surface area (Å²) in [5, 5.41) is 9.03. The van der Waals surface area contributed by atoms with Gasteiger partial charge in [-0.05, 0) is 36.8 Å². The molecule has 1 heterocycles. The van der Waals surface area contributed by atoms with Gasteiger partial charge in [-0.25, -0.2) is 4.98 Å². The number of carbonyl (C=O) groups is 1. The van der Waals surface area contributed by atoms with Gasteiger partial charge in [0.15, 0.2) is 0 Å². The maximum atomic E-state index is 11.0. The topological polar surface area (TPSA) is 98.6 Å². The highest BCUT2D eigenvalue weighted by Crippen LogP contribution is 2.23. The smallest absolute Gasteiger partial charge is 0.321 e. The standard InChI is InChI=1S/C22H24N2O4/c1-14(20(23)22(25)26)16-8-10-18(11-9-16)27-13-12-19-15(2)28-21(24-19)17-6-4-3-5-7-17/h3-11,14,20H,12-13,23H2,1-2H3,(H,25,26). The highest BCUT2D eigenvalue weighted by atomic mass is 16.5. The number of hydrogen-bond donors (Lipinski definition) is 2. The summed E-state index contributed by atoms with van der Waals surface area (Å²) < 4.78 is 11.6. The summed E-state index contributed by atoms with van der Waals surface area (Å²) in [6.07, 6.45) is 0.629. The number of aliphatic carboxylic acids is 1. The van der Waals surface area contributed by atoms with Crippen LogP contribution in [0.2, 0.25) is 0 Å². The van der Waals surface area contributed by atoms with Crippen molar-refractivity contribution >= 4 is 5.97 Å². The molecule has 3 N–H and O–H groups in total. The molecule has 6 nitrogen and oxygen atoms in total. The number of rotatable bonds is 8. The van der Waals surface area contributed by atoms with Crippen molar-refractivity contribution in [3.8, 4) is 17.2 Å². The predicted octanol–water partition coefficient (Wildman–Crippen LogP) is 3.79. The van der Waals surface area contributed by atoms with Gasteiger partial charge in [0.25, 0.3) is 0 Å². The Labute approximate surface area is 164 Å². The normalized spacial score (nSPS) is 13.1. The SMILES string of the molecule is Cc1oc(-c2ccccc2)nc1CCOc1ccc(C(C)C(N)C(=O)O)cc1. The molecule has 0 aliphatic carbocycles. The van der Waals surface area contributed by atoms with Gasteiger partial charge in [0.2, 0.25) is 5.89 Å². The number of nitrogens with two attached hydrogens (primary N) is 1. The molecule has 3 rings (SSSR count). The molecule has 2 atom stereocenters. The lowest BCUT2D eigenvalue weighted by molar-refractivity contribution is -0.139. The van der Waals surface area contributed by atoms with E-state index in [1.807, 2.05) is 61.5 Å². The first kappa shape index (κ1) is 19.6. The van der Waals surface area contributed by atoms with Gasteiger partial charge in [0.1, 0.15) is 17.6 Å². The van der Waals surface area contributed by atoms with Crippen molar-refractivity contribution < 1.29 is 19.1 Å². The summed E-state index contributed by atoms with van der Waals surface area (Å²) in [7, 11) is 0. The highest BCUT2D eigenvalue weighted by Gasteiger charge is 2.21. The molecule has 0 saturated heterocycles. The Hall–Kier alpha value is -3.12. The van der Waals surface area contributed by atoms with Crippen LogP contribution in [0.15, 0.2) is 59.0 Å². The van der Waals surface area contributed by atoms with Crippen molar-refractivity contribution in [1.82, 2.24) is 4.98 Å². The van der Waals surface area contributed by atoms with Crippen LogP contribution < -0.4 is 10.5 Å². The average molecular weight is 380 g/mol. The molecule has 0 fully saturated rings. The first-order chi connectivity index (χ1) is 13.5. The second kappa shape index (κ2) is 8.71. The zero-order valence-electron chi connectivity index (χ0n) is 16.0. The summed E-state index contributed by atoms with van der Waals surface area (Å²) >= 11 is 0. The van der Waals surface area contributed by atoms with Gasteiger partial charge in [0.05, 0.1) is 12.3 Å². The van der Waals surface area contributed by atoms with E-state index in [9.17, 15) is 4.79 Å². The van der Waals surface area contributed by atoms with Crippen LogP contribution >= 0.6 is 0 Å². The molecular formula is C22H24N2O4. The molecule has 0 aliphatic rings. The molecular weight excluding hydrogens is 356 g/mol. The minimum Gasteiger partial charge on any atom is -0.493 e. The van der Waals surface area contributed by atoms with E-state index < -0.39 is 12.0 Å². The zero-order chi connectivity index (χ0) is 20.1. The molecule has 1 aromatic heterocycles. The van der Waals surface area contributed by atoms with Crippen molar-refractivity contribution in [2.24, 2.45) is 5.73 Å². The quantitative estimate of drug-likeness (QED) is 0.617. The highest BCUT2D eigenvalue weighted by molar-refractivity contribution is 5.74. The molecule has 0 aliphatic heterocycles. The fraction of sp³-hybridized carbons (Fsp3) is 0.273. The fourth-order valence-electron chi connectivity index (χ4n) is 2.92. The third-order valence-electron chi connectivity index (χ3n) is 4.75. The van der Waals surface area contributed by atoms with Crippen LogP contribution in [0.25, 0.3) is 11.5 Å². The lowest BCUT2D eigenvalue weighted by Crippen LogP contribution is -2.35. The van der Waals surface area contributed by atoms with E-state index in [4.69, 9.17) is 20.0 Å². The van der Waals surface area contributed by atoms with Crippen LogP contribution in [0.1, 0.15) is 29.9 Å². The van der Waals surface area contributed by atoms with Crippen LogP contribution in [0.5, 0.6) is 5.75 Å². The van der Waals surface area contributed by atoms with Gasteiger partial charge < -0.3 is 20.0 Å². The van der Waals surface area contributed by atoms with Gasteiger partial charge in [-0.2, -0.15) is 0 Å². The lowest BCUT2D eigenvalue weighted by Gasteiger charge is -2.16. The summed E-state index contributed by atoms with van der Waals surface area (Å²) in [6, 6.07) is 16.2. The minimum atomic E-state index is -1.01. The Morgan fingerprint density at radius 1 is 1.18 bits per heavy atom. The number of hydrogen-bond acceptors (Lipinski definition) is 5. The molecule has 0 spiro atoms. The second-order valence-electron chi connectivity index (χ2n) is 6.71. The van der Waals surface area contributed by atoms with Gasteiger partial charge in [0, 0.05) is 17.9 Å². The van der Waals surface area contributed by atoms with Crippen LogP contribution in [0.3, 0.4) is 0 Å². The second-order valence-corrected chi connectivity index (χ2v) is 6.71. The van der Waals surface area contributed by atoms with E-state index in [1.54, 1.807) is 6.92 Å². The van der Waals surface area contributed by atoms with E-state index in [1.165, 1.54) is 0 Å². The number of carboxylic acids is 1. The van der Waals surface area contributed by atoms with Gasteiger partial charge in [-0.1, -0.05) is 37.3 Å². The van der Waals surface area contributed by atoms with Crippen LogP contribution in [0, 0.1) is 6.92 Å². The van der Waals surface area contributed by atoms with Crippen LogP contribution in [0.4, 0.5) is 0 Å². The number of nitrogens with zero attached hydrogens (tertiary/aromatic N) is 1. The molecule has 0 radical (unpaired) electrons. The van der Waals surface area contributed by atoms with Gasteiger partial charge in [-0.15, -0.1) is 0 Å². The van der Waals surface area contributed by atoms with E-state index in [2.05, 4.69) is 4.98 Å². The maximum absolute atomic E-state index is 11.0. The monoisotopic (exact) mass is 380 g/mol. The summed E-state index contributed by atoms with van der Waals surface area (Å²) in [6.45, 7) is 4.16. The molecule has 2 unspecified atom stereocenters. The number of oxazole rings is 1. The van der Waals surface area contributed by atoms with Gasteiger partial charge >= 0.3 is 5.97 Å². The third-order valence-corrected chi connectivity index (χ3v) is 4.75. The van der Waals surface area contributed by atoms with E-state index in [0.717, 1.165) is 22.6 Å². The molecule has 6 heteroatoms. The van der Waals surface area contributed by atoms with Crippen LogP contribution in [-0.4, -0.2) is 28.7 Å². The molecule has 0 amide bonds. The van der Waals surface area contributed by atoms with E-state index in [0.29, 0.717) is 24.7 Å². The summed E-state index contributed by atoms with van der Waals surface area (Å²) in [5.41, 5.74) is 8.37. The Morgan fingerprint density at radius 2 is 1.86 bits per heavy atom. The van der Waals surface area contributed by atoms with Crippen LogP contribution in [-0.2, 0) is 11.2 Å². The number of aromatic nitrogens is 1. The Balaban J connectivity index is 1.57. The van der Waals surface area contributed by atoms with Crippen molar-refractivity contribution in [1.29, 1.82) is 0 Å². The lowest BCUT2D eigenvalue weighted by atomic mass is 9.94. The van der Waals surface area contributed by atoms with E-state index in [-0.39, 0.29) is 5.92 Å². The van der Waals surface area contributed by atoms with Crippen molar-refractivity contribution in [2.75, 3.05) is 6.61 Å². The maximum Gasteiger partial charge on any atom is 0.321 e. The summed E-state index contributed by atoms with van der Waals surface area (Å²) in [4.78, 5) is 15.6. The number of ether oxygens (including phenoxy) is 1. The Morgan fingerprint density at radius 3 is 2.50 bits per heavy atom. The molecule has 0 saturated carbocycles. The van der Waals surface area contributed by atoms with Crippen molar-refractivity contribution in [3.05, 3.63) is 71.6 Å². The molecule has 2 aromatic carbocycles. The Bertz CT molecular complexity index is 919. The zero-order valence-corrected chi connectivity index (χ0v) is 16.0. The third kappa shape index (κ3) is 4.58. The number of aryl methyl sites for hydroxylation is 1. The first-order valence-electron chi connectivity index (χ1n) is 9.18. The van der Waals surface area contributed by atoms with Crippen molar-refractivity contribution in [3.63, 3.8) is 0 Å². The molecule has 146 valence electrons. The fourth-order valence-corrected chi connectivity index (χ4v) is 2.92. The largest absolute Gasteiger partial charge is 0.493 e. The molecule has 3 aromatic rings. The molecule has 28 heavy (non-hydrogen) atoms. The average Bonchev–Trinajstić information content (AvgIpc) is 3.08. The number of benzene rings is 2.